The number of hydrogen-bond donors (Lipinski definition) is 0. The Morgan fingerprint density at radius 3 is 2.68 bits per heavy atom. The quantitative estimate of drug-likeness (QED) is 0.744. The summed E-state index contributed by atoms with van der Waals surface area (Å²) < 4.78 is 5.42. The average Bonchev–Trinajstić information content (AvgIpc) is 2.34. The van der Waals surface area contributed by atoms with Gasteiger partial charge in [0, 0.05) is 12.4 Å². The number of nitriles is 1. The molecule has 1 heterocycles. The Kier molecular flexibility index (Phi) is 5.49. The van der Waals surface area contributed by atoms with Crippen molar-refractivity contribution in [1.82, 2.24) is 4.90 Å². The third kappa shape index (κ3) is 4.28. The van der Waals surface area contributed by atoms with Crippen molar-refractivity contribution in [2.45, 2.75) is 64.0 Å². The van der Waals surface area contributed by atoms with Crippen LogP contribution in [0.15, 0.2) is 0 Å². The summed E-state index contributed by atoms with van der Waals surface area (Å²) in [5.74, 6) is 0.506. The largest absolute Gasteiger partial charge is 0.444 e. The van der Waals surface area contributed by atoms with Gasteiger partial charge < -0.3 is 4.74 Å². The van der Waals surface area contributed by atoms with Crippen molar-refractivity contribution in [1.29, 1.82) is 5.26 Å². The van der Waals surface area contributed by atoms with Crippen LogP contribution < -0.4 is 0 Å². The van der Waals surface area contributed by atoms with Gasteiger partial charge in [0.25, 0.3) is 0 Å². The van der Waals surface area contributed by atoms with Crippen LogP contribution in [0.3, 0.4) is 0 Å². The number of hydrogen-bond acceptors (Lipinski definition) is 3. The van der Waals surface area contributed by atoms with Gasteiger partial charge in [-0.05, 0) is 52.9 Å². The summed E-state index contributed by atoms with van der Waals surface area (Å²) in [5, 5.41) is 9.54. The molecule has 1 aliphatic rings. The second-order valence-corrected chi connectivity index (χ2v) is 6.40. The SMILES string of the molecule is CC(C)(C)OC(=O)N1CCCC[C@]1(C#N)CCCCl. The van der Waals surface area contributed by atoms with E-state index in [1.165, 1.54) is 0 Å². The van der Waals surface area contributed by atoms with Crippen LogP contribution in [0, 0.1) is 11.3 Å². The van der Waals surface area contributed by atoms with E-state index >= 15 is 0 Å². The Hall–Kier alpha value is -0.950. The summed E-state index contributed by atoms with van der Waals surface area (Å²) in [6.07, 6.45) is 3.56. The second kappa shape index (κ2) is 6.47. The van der Waals surface area contributed by atoms with Crippen molar-refractivity contribution in [3.05, 3.63) is 0 Å². The molecule has 0 spiro atoms. The van der Waals surface area contributed by atoms with Crippen LogP contribution in [-0.4, -0.2) is 34.6 Å². The van der Waals surface area contributed by atoms with Gasteiger partial charge >= 0.3 is 6.09 Å². The molecular weight excluding hydrogens is 264 g/mol. The number of alkyl halides is 1. The van der Waals surface area contributed by atoms with E-state index in [0.29, 0.717) is 25.3 Å². The standard InChI is InChI=1S/C14H23ClN2O2/c1-13(2,3)19-12(18)17-10-5-4-7-14(17,11-16)8-6-9-15/h4-10H2,1-3H3/t14-/m1/s1. The molecule has 1 saturated heterocycles. The van der Waals surface area contributed by atoms with Gasteiger partial charge in [-0.25, -0.2) is 4.79 Å². The maximum atomic E-state index is 12.3. The van der Waals surface area contributed by atoms with Gasteiger partial charge in [-0.15, -0.1) is 11.6 Å². The molecule has 0 aromatic carbocycles. The topological polar surface area (TPSA) is 53.3 Å². The lowest BCUT2D eigenvalue weighted by Gasteiger charge is -2.42. The zero-order valence-electron chi connectivity index (χ0n) is 12.0. The fourth-order valence-corrected chi connectivity index (χ4v) is 2.54. The molecule has 4 nitrogen and oxygen atoms in total. The third-order valence-corrected chi connectivity index (χ3v) is 3.55. The maximum absolute atomic E-state index is 12.3. The van der Waals surface area contributed by atoms with Gasteiger partial charge in [0.05, 0.1) is 6.07 Å². The van der Waals surface area contributed by atoms with Gasteiger partial charge in [-0.1, -0.05) is 0 Å². The molecule has 0 unspecified atom stereocenters. The second-order valence-electron chi connectivity index (χ2n) is 6.03. The van der Waals surface area contributed by atoms with E-state index in [2.05, 4.69) is 6.07 Å². The van der Waals surface area contributed by atoms with Crippen LogP contribution >= 0.6 is 11.6 Å². The molecular formula is C14H23ClN2O2. The first-order valence-electron chi connectivity index (χ1n) is 6.82. The van der Waals surface area contributed by atoms with Crippen LogP contribution in [-0.2, 0) is 4.74 Å². The number of rotatable bonds is 3. The number of carbonyl (C=O) groups excluding carboxylic acids is 1. The summed E-state index contributed by atoms with van der Waals surface area (Å²) in [4.78, 5) is 13.9. The van der Waals surface area contributed by atoms with Crippen molar-refractivity contribution in [2.75, 3.05) is 12.4 Å². The van der Waals surface area contributed by atoms with E-state index < -0.39 is 11.1 Å². The molecule has 1 rings (SSSR count). The smallest absolute Gasteiger partial charge is 0.411 e. The van der Waals surface area contributed by atoms with Crippen LogP contribution in [0.5, 0.6) is 0 Å². The molecule has 0 N–H and O–H groups in total. The number of likely N-dealkylation sites (tertiary alicyclic amines) is 1. The predicted molar refractivity (Wildman–Crippen MR) is 75.1 cm³/mol. The summed E-state index contributed by atoms with van der Waals surface area (Å²) in [6, 6.07) is 2.34. The summed E-state index contributed by atoms with van der Waals surface area (Å²) in [6.45, 7) is 6.09. The van der Waals surface area contributed by atoms with Gasteiger partial charge in [0.2, 0.25) is 0 Å². The van der Waals surface area contributed by atoms with Gasteiger partial charge in [0.15, 0.2) is 0 Å². The molecule has 1 amide bonds. The first kappa shape index (κ1) is 16.1. The van der Waals surface area contributed by atoms with Crippen molar-refractivity contribution < 1.29 is 9.53 Å². The third-order valence-electron chi connectivity index (χ3n) is 3.28. The highest BCUT2D eigenvalue weighted by atomic mass is 35.5. The number of carbonyl (C=O) groups is 1. The van der Waals surface area contributed by atoms with Gasteiger partial charge in [-0.2, -0.15) is 5.26 Å². The first-order valence-corrected chi connectivity index (χ1v) is 7.36. The number of ether oxygens (including phenoxy) is 1. The molecule has 0 bridgehead atoms. The average molecular weight is 287 g/mol. The fraction of sp³-hybridized carbons (Fsp3) is 0.857. The van der Waals surface area contributed by atoms with E-state index in [-0.39, 0.29) is 6.09 Å². The number of nitrogens with zero attached hydrogens (tertiary/aromatic N) is 2. The Bertz CT molecular complexity index is 359. The number of piperidine rings is 1. The molecule has 0 aromatic rings. The molecule has 0 aromatic heterocycles. The van der Waals surface area contributed by atoms with Crippen LogP contribution in [0.25, 0.3) is 0 Å². The minimum atomic E-state index is -0.741. The Labute approximate surface area is 120 Å². The molecule has 0 radical (unpaired) electrons. The minimum Gasteiger partial charge on any atom is -0.444 e. The lowest BCUT2D eigenvalue weighted by atomic mass is 9.84. The van der Waals surface area contributed by atoms with Crippen molar-refractivity contribution in [3.8, 4) is 6.07 Å². The minimum absolute atomic E-state index is 0.386. The highest BCUT2D eigenvalue weighted by molar-refractivity contribution is 6.17. The Balaban J connectivity index is 2.87. The molecule has 1 fully saturated rings. The Morgan fingerprint density at radius 2 is 2.16 bits per heavy atom. The normalized spacial score (nSPS) is 23.8. The zero-order valence-corrected chi connectivity index (χ0v) is 12.8. The molecule has 0 aliphatic carbocycles. The molecule has 19 heavy (non-hydrogen) atoms. The lowest BCUT2D eigenvalue weighted by molar-refractivity contribution is -0.00418. The van der Waals surface area contributed by atoms with E-state index in [4.69, 9.17) is 16.3 Å². The first-order chi connectivity index (χ1) is 8.84. The highest BCUT2D eigenvalue weighted by Crippen LogP contribution is 2.33. The monoisotopic (exact) mass is 286 g/mol. The molecule has 1 atom stereocenters. The van der Waals surface area contributed by atoms with Crippen LogP contribution in [0.4, 0.5) is 4.79 Å². The molecule has 1 aliphatic heterocycles. The van der Waals surface area contributed by atoms with Crippen molar-refractivity contribution >= 4 is 17.7 Å². The fourth-order valence-electron chi connectivity index (χ4n) is 2.41. The van der Waals surface area contributed by atoms with E-state index in [1.54, 1.807) is 4.90 Å². The van der Waals surface area contributed by atoms with E-state index in [1.807, 2.05) is 20.8 Å². The number of halogens is 1. The van der Waals surface area contributed by atoms with Crippen LogP contribution in [0.2, 0.25) is 0 Å². The van der Waals surface area contributed by atoms with E-state index in [0.717, 1.165) is 19.3 Å². The summed E-state index contributed by atoms with van der Waals surface area (Å²) >= 11 is 5.73. The molecule has 0 saturated carbocycles. The van der Waals surface area contributed by atoms with Crippen molar-refractivity contribution in [3.63, 3.8) is 0 Å². The van der Waals surface area contributed by atoms with Gasteiger partial charge in [0.1, 0.15) is 11.1 Å². The van der Waals surface area contributed by atoms with Gasteiger partial charge in [-0.3, -0.25) is 4.90 Å². The van der Waals surface area contributed by atoms with E-state index in [9.17, 15) is 10.1 Å². The van der Waals surface area contributed by atoms with Crippen molar-refractivity contribution in [2.24, 2.45) is 0 Å². The lowest BCUT2D eigenvalue weighted by Crippen LogP contribution is -2.55. The van der Waals surface area contributed by atoms with Crippen LogP contribution in [0.1, 0.15) is 52.9 Å². The summed E-state index contributed by atoms with van der Waals surface area (Å²) in [5.41, 5.74) is -1.28. The predicted octanol–water partition coefficient (Wildman–Crippen LogP) is 3.69. The highest BCUT2D eigenvalue weighted by Gasteiger charge is 2.43. The Morgan fingerprint density at radius 1 is 1.47 bits per heavy atom. The molecule has 108 valence electrons. The molecule has 5 heteroatoms. The zero-order chi connectivity index (χ0) is 14.5. The number of amides is 1. The maximum Gasteiger partial charge on any atom is 0.411 e. The summed E-state index contributed by atoms with van der Waals surface area (Å²) in [7, 11) is 0.